The third-order valence-corrected chi connectivity index (χ3v) is 9.01. The second-order valence-corrected chi connectivity index (χ2v) is 23.8. The van der Waals surface area contributed by atoms with E-state index in [1.54, 1.807) is 24.3 Å². The van der Waals surface area contributed by atoms with E-state index in [0.29, 0.717) is 11.5 Å². The Hall–Kier alpha value is -0.231. The van der Waals surface area contributed by atoms with Crippen molar-refractivity contribution < 1.29 is 13.2 Å². The predicted octanol–water partition coefficient (Wildman–Crippen LogP) is 3.20. The second kappa shape index (κ2) is 6.28. The molecule has 0 fully saturated rings. The molecule has 0 aliphatic carbocycles. The van der Waals surface area contributed by atoms with Gasteiger partial charge in [-0.15, -0.1) is 0 Å². The fourth-order valence-electron chi connectivity index (χ4n) is 1.58. The van der Waals surface area contributed by atoms with Crippen LogP contribution in [0.5, 0.6) is 5.75 Å². The van der Waals surface area contributed by atoms with E-state index in [0.717, 1.165) is 12.2 Å². The van der Waals surface area contributed by atoms with Crippen molar-refractivity contribution in [1.82, 2.24) is 0 Å². The van der Waals surface area contributed by atoms with Crippen molar-refractivity contribution in [3.05, 3.63) is 24.3 Å². The molecule has 0 amide bonds. The van der Waals surface area contributed by atoms with Crippen molar-refractivity contribution in [1.29, 1.82) is 0 Å². The molecule has 0 unspecified atom stereocenters. The molecule has 1 aromatic rings. The number of rotatable bonds is 6. The van der Waals surface area contributed by atoms with Gasteiger partial charge in [0, 0.05) is 0 Å². The Morgan fingerprint density at radius 3 is 2.11 bits per heavy atom. The molecule has 0 atom stereocenters. The summed E-state index contributed by atoms with van der Waals surface area (Å²) in [6.45, 7) is 0.715. The average Bonchev–Trinajstić information content (AvgIpc) is 2.22. The topological polar surface area (TPSA) is 43.4 Å². The summed E-state index contributed by atoms with van der Waals surface area (Å²) in [7, 11) is -3.11. The quantitative estimate of drug-likeness (QED) is 0.565. The number of ether oxygens (including phenoxy) is 1. The fourth-order valence-corrected chi connectivity index (χ4v) is 5.65. The Kier molecular flexibility index (Phi) is 5.52. The molecular formula is C13H22O3SSn. The summed E-state index contributed by atoms with van der Waals surface area (Å²) < 4.78 is 29.5. The maximum absolute atomic E-state index is 11.3. The first-order chi connectivity index (χ1) is 8.18. The van der Waals surface area contributed by atoms with Crippen LogP contribution in [0.25, 0.3) is 0 Å². The van der Waals surface area contributed by atoms with Crippen LogP contribution in [0, 0.1) is 0 Å². The van der Waals surface area contributed by atoms with Crippen molar-refractivity contribution in [3.63, 3.8) is 0 Å². The van der Waals surface area contributed by atoms with Crippen molar-refractivity contribution in [2.24, 2.45) is 0 Å². The fraction of sp³-hybridized carbons (Fsp3) is 0.538. The molecule has 1 rings (SSSR count). The van der Waals surface area contributed by atoms with Crippen LogP contribution in [0.1, 0.15) is 6.42 Å². The third kappa shape index (κ3) is 6.09. The monoisotopic (exact) mass is 378 g/mol. The first-order valence-electron chi connectivity index (χ1n) is 6.11. The van der Waals surface area contributed by atoms with Gasteiger partial charge in [0.15, 0.2) is 0 Å². The number of hydrogen-bond acceptors (Lipinski definition) is 3. The average molecular weight is 377 g/mol. The predicted molar refractivity (Wildman–Crippen MR) is 77.8 cm³/mol. The van der Waals surface area contributed by atoms with Crippen LogP contribution in [0.3, 0.4) is 0 Å². The number of benzene rings is 1. The van der Waals surface area contributed by atoms with Gasteiger partial charge in [-0.25, -0.2) is 0 Å². The molecular weight excluding hydrogens is 355 g/mol. The van der Waals surface area contributed by atoms with Gasteiger partial charge in [-0.05, 0) is 0 Å². The van der Waals surface area contributed by atoms with E-state index < -0.39 is 28.2 Å². The summed E-state index contributed by atoms with van der Waals surface area (Å²) in [5.74, 6) is 0.742. The zero-order valence-electron chi connectivity index (χ0n) is 11.6. The Morgan fingerprint density at radius 1 is 1.11 bits per heavy atom. The van der Waals surface area contributed by atoms with Gasteiger partial charge in [-0.2, -0.15) is 0 Å². The number of hydrogen-bond donors (Lipinski definition) is 0. The first-order valence-corrected chi connectivity index (χ1v) is 18.6. The van der Waals surface area contributed by atoms with Crippen LogP contribution in [-0.2, 0) is 9.84 Å². The van der Waals surface area contributed by atoms with Crippen LogP contribution >= 0.6 is 0 Å². The molecule has 0 N–H and O–H groups in total. The van der Waals surface area contributed by atoms with Gasteiger partial charge >= 0.3 is 115 Å². The molecule has 0 radical (unpaired) electrons. The second-order valence-electron chi connectivity index (χ2n) is 5.76. The van der Waals surface area contributed by atoms with E-state index in [1.807, 2.05) is 0 Å². The molecule has 0 aromatic heterocycles. The van der Waals surface area contributed by atoms with Crippen LogP contribution in [-0.4, -0.2) is 39.7 Å². The summed E-state index contributed by atoms with van der Waals surface area (Å²) in [5.41, 5.74) is 0. The van der Waals surface area contributed by atoms with E-state index in [-0.39, 0.29) is 0 Å². The van der Waals surface area contributed by atoms with Crippen molar-refractivity contribution in [3.8, 4) is 5.75 Å². The van der Waals surface area contributed by atoms with E-state index in [9.17, 15) is 8.42 Å². The minimum absolute atomic E-state index is 0.334. The molecule has 1 aromatic carbocycles. The first kappa shape index (κ1) is 15.8. The molecule has 0 aliphatic heterocycles. The van der Waals surface area contributed by atoms with Crippen molar-refractivity contribution >= 4 is 28.2 Å². The zero-order chi connectivity index (χ0) is 13.8. The van der Waals surface area contributed by atoms with Gasteiger partial charge in [-0.3, -0.25) is 0 Å². The number of sulfone groups is 1. The molecule has 0 saturated carbocycles. The normalized spacial score (nSPS) is 12.4. The molecule has 18 heavy (non-hydrogen) atoms. The Morgan fingerprint density at radius 2 is 1.67 bits per heavy atom. The van der Waals surface area contributed by atoms with Crippen LogP contribution in [0.2, 0.25) is 19.3 Å². The van der Waals surface area contributed by atoms with Crippen molar-refractivity contribution in [2.75, 3.05) is 12.9 Å². The van der Waals surface area contributed by atoms with Gasteiger partial charge in [0.2, 0.25) is 0 Å². The van der Waals surface area contributed by atoms with E-state index >= 15 is 0 Å². The van der Waals surface area contributed by atoms with Gasteiger partial charge in [0.05, 0.1) is 0 Å². The Labute approximate surface area is 114 Å². The molecule has 0 bridgehead atoms. The van der Waals surface area contributed by atoms with E-state index in [1.165, 1.54) is 10.7 Å². The zero-order valence-corrected chi connectivity index (χ0v) is 15.2. The molecule has 0 heterocycles. The summed E-state index contributed by atoms with van der Waals surface area (Å²) in [4.78, 5) is 7.57. The minimum atomic E-state index is -3.11. The Balaban J connectivity index is 2.45. The van der Waals surface area contributed by atoms with Crippen LogP contribution in [0.4, 0.5) is 0 Å². The molecule has 0 spiro atoms. The third-order valence-electron chi connectivity index (χ3n) is 2.59. The molecule has 0 aliphatic rings. The maximum atomic E-state index is 11.3. The van der Waals surface area contributed by atoms with Crippen LogP contribution in [0.15, 0.2) is 29.2 Å². The van der Waals surface area contributed by atoms with Gasteiger partial charge in [-0.1, -0.05) is 0 Å². The molecule has 0 saturated heterocycles. The summed E-state index contributed by atoms with van der Waals surface area (Å²) >= 11 is -1.66. The van der Waals surface area contributed by atoms with Crippen LogP contribution < -0.4 is 4.74 Å². The molecule has 5 heteroatoms. The summed E-state index contributed by atoms with van der Waals surface area (Å²) in [5, 5.41) is 0. The van der Waals surface area contributed by atoms with Gasteiger partial charge in [0.1, 0.15) is 0 Å². The Bertz CT molecular complexity index is 472. The van der Waals surface area contributed by atoms with Crippen molar-refractivity contribution in [2.45, 2.75) is 30.6 Å². The van der Waals surface area contributed by atoms with Gasteiger partial charge < -0.3 is 0 Å². The standard InChI is InChI=1S/C10H13O3S.3CH3.Sn/c1-3-8-13-9-4-6-10(7-5-9)14(2,11)12;;;;/h4-7H,1,3,8H2,2H3;3*1H3;. The molecule has 3 nitrogen and oxygen atoms in total. The van der Waals surface area contributed by atoms with Gasteiger partial charge in [0.25, 0.3) is 0 Å². The van der Waals surface area contributed by atoms with E-state index in [4.69, 9.17) is 4.74 Å². The molecule has 102 valence electrons. The summed E-state index contributed by atoms with van der Waals surface area (Å²) in [6, 6.07) is 6.62. The summed E-state index contributed by atoms with van der Waals surface area (Å²) in [6.07, 6.45) is 2.30. The van der Waals surface area contributed by atoms with E-state index in [2.05, 4.69) is 14.8 Å². The SMILES string of the molecule is CS(=O)(=O)c1ccc(OCC[CH2][Sn]([CH3])([CH3])[CH3])cc1.